The third-order valence-electron chi connectivity index (χ3n) is 2.23. The van der Waals surface area contributed by atoms with Gasteiger partial charge in [-0.2, -0.15) is 5.26 Å². The minimum Gasteiger partial charge on any atom is -0.497 e. The van der Waals surface area contributed by atoms with E-state index >= 15 is 0 Å². The smallest absolute Gasteiger partial charge is 0.222 e. The molecule has 1 atom stereocenters. The van der Waals surface area contributed by atoms with Gasteiger partial charge in [0.05, 0.1) is 19.1 Å². The molecule has 0 saturated carbocycles. The highest BCUT2D eigenvalue weighted by atomic mass is 35.5. The van der Waals surface area contributed by atoms with Crippen LogP contribution in [0.3, 0.4) is 0 Å². The number of benzene rings is 1. The molecule has 1 unspecified atom stereocenters. The Kier molecular flexibility index (Phi) is 4.81. The fraction of sp³-hybridized carbons (Fsp3) is 0.333. The highest BCUT2D eigenvalue weighted by Crippen LogP contribution is 2.16. The number of nitrogens with zero attached hydrogens (tertiary/aromatic N) is 1. The molecule has 16 heavy (non-hydrogen) atoms. The number of rotatable bonds is 5. The number of ether oxygens (including phenoxy) is 1. The number of methoxy groups -OCH3 is 1. The minimum atomic E-state index is -0.472. The molecule has 0 aliphatic rings. The molecular formula is C12H12ClNO2. The minimum absolute atomic E-state index is 0.0874. The van der Waals surface area contributed by atoms with E-state index in [9.17, 15) is 4.79 Å². The summed E-state index contributed by atoms with van der Waals surface area (Å²) in [6.07, 6.45) is 0.614. The lowest BCUT2D eigenvalue weighted by atomic mass is 9.98. The Bertz CT molecular complexity index is 394. The fourth-order valence-electron chi connectivity index (χ4n) is 1.40. The molecule has 84 valence electrons. The van der Waals surface area contributed by atoms with Gasteiger partial charge < -0.3 is 4.74 Å². The number of hydrogen-bond donors (Lipinski definition) is 0. The van der Waals surface area contributed by atoms with Crippen molar-refractivity contribution >= 4 is 16.8 Å². The largest absolute Gasteiger partial charge is 0.497 e. The van der Waals surface area contributed by atoms with Gasteiger partial charge in [-0.25, -0.2) is 0 Å². The molecule has 0 bridgehead atoms. The summed E-state index contributed by atoms with van der Waals surface area (Å²) in [6, 6.07) is 9.48. The number of halogens is 1. The highest BCUT2D eigenvalue weighted by molar-refractivity contribution is 6.63. The quantitative estimate of drug-likeness (QED) is 0.740. The first-order valence-corrected chi connectivity index (χ1v) is 5.24. The van der Waals surface area contributed by atoms with Crippen LogP contribution in [0.1, 0.15) is 12.0 Å². The molecule has 0 N–H and O–H groups in total. The van der Waals surface area contributed by atoms with Crippen molar-refractivity contribution < 1.29 is 9.53 Å². The highest BCUT2D eigenvalue weighted by Gasteiger charge is 2.12. The molecule has 0 radical (unpaired) electrons. The van der Waals surface area contributed by atoms with Crippen molar-refractivity contribution in [2.45, 2.75) is 12.8 Å². The van der Waals surface area contributed by atoms with Gasteiger partial charge in [-0.05, 0) is 35.7 Å². The molecule has 1 rings (SSSR count). The second kappa shape index (κ2) is 6.14. The van der Waals surface area contributed by atoms with Crippen LogP contribution >= 0.6 is 11.6 Å². The van der Waals surface area contributed by atoms with Crippen LogP contribution in [0.4, 0.5) is 0 Å². The van der Waals surface area contributed by atoms with E-state index in [-0.39, 0.29) is 12.3 Å². The summed E-state index contributed by atoms with van der Waals surface area (Å²) in [5, 5.41) is 8.38. The van der Waals surface area contributed by atoms with E-state index in [1.807, 2.05) is 24.3 Å². The van der Waals surface area contributed by atoms with E-state index in [0.717, 1.165) is 11.3 Å². The molecule has 1 aromatic carbocycles. The summed E-state index contributed by atoms with van der Waals surface area (Å²) in [6.45, 7) is 0. The lowest BCUT2D eigenvalue weighted by Crippen LogP contribution is -2.05. The van der Waals surface area contributed by atoms with E-state index in [0.29, 0.717) is 6.42 Å². The molecule has 0 aliphatic heterocycles. The lowest BCUT2D eigenvalue weighted by Gasteiger charge is -2.07. The number of carbonyl (C=O) groups is 1. The van der Waals surface area contributed by atoms with Gasteiger partial charge in [0.15, 0.2) is 0 Å². The van der Waals surface area contributed by atoms with E-state index in [2.05, 4.69) is 6.07 Å². The fourth-order valence-corrected chi connectivity index (χ4v) is 1.59. The summed E-state index contributed by atoms with van der Waals surface area (Å²) in [5.41, 5.74) is 0.991. The molecule has 0 aliphatic carbocycles. The monoisotopic (exact) mass is 237 g/mol. The van der Waals surface area contributed by atoms with Crippen molar-refractivity contribution in [1.29, 1.82) is 5.26 Å². The van der Waals surface area contributed by atoms with Gasteiger partial charge in [-0.15, -0.1) is 0 Å². The van der Waals surface area contributed by atoms with Crippen molar-refractivity contribution in [3.63, 3.8) is 0 Å². The second-order valence-electron chi connectivity index (χ2n) is 3.44. The Labute approximate surface area is 99.6 Å². The normalized spacial score (nSPS) is 11.6. The molecule has 0 fully saturated rings. The molecule has 0 heterocycles. The van der Waals surface area contributed by atoms with Crippen molar-refractivity contribution in [2.75, 3.05) is 7.11 Å². The first kappa shape index (κ1) is 12.5. The van der Waals surface area contributed by atoms with Crippen LogP contribution in [-0.4, -0.2) is 12.4 Å². The van der Waals surface area contributed by atoms with Gasteiger partial charge in [0.25, 0.3) is 0 Å². The molecule has 0 amide bonds. The Morgan fingerprint density at radius 3 is 2.56 bits per heavy atom. The van der Waals surface area contributed by atoms with Crippen LogP contribution in [0.2, 0.25) is 0 Å². The second-order valence-corrected chi connectivity index (χ2v) is 3.86. The molecule has 0 aromatic heterocycles. The van der Waals surface area contributed by atoms with E-state index in [1.54, 1.807) is 7.11 Å². The van der Waals surface area contributed by atoms with Crippen LogP contribution in [0.5, 0.6) is 5.75 Å². The van der Waals surface area contributed by atoms with Crippen molar-refractivity contribution in [3.8, 4) is 11.8 Å². The third-order valence-corrected chi connectivity index (χ3v) is 2.38. The first-order valence-electron chi connectivity index (χ1n) is 4.86. The van der Waals surface area contributed by atoms with Crippen molar-refractivity contribution in [1.82, 2.24) is 0 Å². The molecule has 1 aromatic rings. The molecule has 0 saturated heterocycles. The van der Waals surface area contributed by atoms with Crippen molar-refractivity contribution in [2.24, 2.45) is 5.92 Å². The van der Waals surface area contributed by atoms with Crippen LogP contribution in [0, 0.1) is 17.2 Å². The lowest BCUT2D eigenvalue weighted by molar-refractivity contribution is -0.112. The van der Waals surface area contributed by atoms with Gasteiger partial charge in [-0.1, -0.05) is 12.1 Å². The van der Waals surface area contributed by atoms with Gasteiger partial charge >= 0.3 is 0 Å². The third kappa shape index (κ3) is 3.92. The van der Waals surface area contributed by atoms with E-state index in [4.69, 9.17) is 21.6 Å². The molecule has 3 nitrogen and oxygen atoms in total. The molecule has 4 heteroatoms. The molecular weight excluding hydrogens is 226 g/mol. The topological polar surface area (TPSA) is 50.1 Å². The van der Waals surface area contributed by atoms with Crippen LogP contribution < -0.4 is 4.74 Å². The maximum Gasteiger partial charge on any atom is 0.222 e. The zero-order chi connectivity index (χ0) is 12.0. The Hall–Kier alpha value is -1.53. The zero-order valence-corrected chi connectivity index (χ0v) is 9.70. The van der Waals surface area contributed by atoms with Crippen LogP contribution in [0.25, 0.3) is 0 Å². The zero-order valence-electron chi connectivity index (χ0n) is 8.94. The maximum absolute atomic E-state index is 10.7. The number of carbonyl (C=O) groups excluding carboxylic acids is 1. The van der Waals surface area contributed by atoms with Crippen LogP contribution in [-0.2, 0) is 11.2 Å². The Balaban J connectivity index is 2.64. The van der Waals surface area contributed by atoms with Gasteiger partial charge in [0, 0.05) is 6.42 Å². The van der Waals surface area contributed by atoms with Gasteiger partial charge in [-0.3, -0.25) is 4.79 Å². The van der Waals surface area contributed by atoms with Crippen molar-refractivity contribution in [3.05, 3.63) is 29.8 Å². The standard InChI is InChI=1S/C12H12ClNO2/c1-16-11-4-2-9(3-5-11)6-10(8-14)7-12(13)15/h2-5,10H,6-7H2,1H3. The summed E-state index contributed by atoms with van der Waals surface area (Å²) in [5.74, 6) is 0.407. The maximum atomic E-state index is 10.7. The van der Waals surface area contributed by atoms with Gasteiger partial charge in [0.2, 0.25) is 5.24 Å². The average molecular weight is 238 g/mol. The van der Waals surface area contributed by atoms with E-state index < -0.39 is 5.24 Å². The average Bonchev–Trinajstić information content (AvgIpc) is 2.28. The van der Waals surface area contributed by atoms with E-state index in [1.165, 1.54) is 0 Å². The summed E-state index contributed by atoms with van der Waals surface area (Å²) < 4.78 is 5.02. The summed E-state index contributed by atoms with van der Waals surface area (Å²) >= 11 is 5.26. The van der Waals surface area contributed by atoms with Crippen LogP contribution in [0.15, 0.2) is 24.3 Å². The first-order chi connectivity index (χ1) is 7.65. The summed E-state index contributed by atoms with van der Waals surface area (Å²) in [4.78, 5) is 10.7. The predicted molar refractivity (Wildman–Crippen MR) is 61.3 cm³/mol. The predicted octanol–water partition coefficient (Wildman–Crippen LogP) is 2.53. The number of nitriles is 1. The molecule has 0 spiro atoms. The Morgan fingerprint density at radius 2 is 2.12 bits per heavy atom. The van der Waals surface area contributed by atoms with Gasteiger partial charge in [0.1, 0.15) is 5.75 Å². The SMILES string of the molecule is COc1ccc(CC(C#N)CC(=O)Cl)cc1. The number of hydrogen-bond acceptors (Lipinski definition) is 3. The Morgan fingerprint density at radius 1 is 1.50 bits per heavy atom. The summed E-state index contributed by atoms with van der Waals surface area (Å²) in [7, 11) is 1.60.